The summed E-state index contributed by atoms with van der Waals surface area (Å²) >= 11 is 1.37. The van der Waals surface area contributed by atoms with Crippen LogP contribution in [0.5, 0.6) is 0 Å². The average Bonchev–Trinajstić information content (AvgIpc) is 2.75. The molecule has 1 aliphatic carbocycles. The van der Waals surface area contributed by atoms with Crippen LogP contribution in [0.25, 0.3) is 0 Å². The van der Waals surface area contributed by atoms with E-state index < -0.39 is 10.0 Å². The molecule has 0 unspecified atom stereocenters. The van der Waals surface area contributed by atoms with E-state index in [2.05, 4.69) is 5.32 Å². The van der Waals surface area contributed by atoms with E-state index in [0.717, 1.165) is 43.4 Å². The lowest BCUT2D eigenvalue weighted by molar-refractivity contribution is -0.123. The number of rotatable bonds is 7. The molecule has 1 heterocycles. The minimum absolute atomic E-state index is 0.00759. The lowest BCUT2D eigenvalue weighted by Crippen LogP contribution is -2.45. The van der Waals surface area contributed by atoms with E-state index in [-0.39, 0.29) is 41.1 Å². The standard InChI is InChI=1S/C21H31N3O4S2/c1-4-15(2)22-20(25)13-24-18-12-17(10-11-19(18)29-14-21(24)26)30(27,28)23(3)16-8-6-5-7-9-16/h10-12,15-16H,4-9,13-14H2,1-3H3,(H,22,25)/t15-/m1/s1. The van der Waals surface area contributed by atoms with Crippen LogP contribution in [0.15, 0.2) is 28.0 Å². The molecule has 1 atom stereocenters. The summed E-state index contributed by atoms with van der Waals surface area (Å²) in [4.78, 5) is 27.3. The maximum Gasteiger partial charge on any atom is 0.243 e. The van der Waals surface area contributed by atoms with Gasteiger partial charge in [0.25, 0.3) is 0 Å². The molecule has 2 amide bonds. The fourth-order valence-corrected chi connectivity index (χ4v) is 6.24. The highest BCUT2D eigenvalue weighted by atomic mass is 32.2. The van der Waals surface area contributed by atoms with Crippen molar-refractivity contribution in [2.24, 2.45) is 0 Å². The molecule has 2 aliphatic rings. The van der Waals surface area contributed by atoms with E-state index in [1.807, 2.05) is 13.8 Å². The molecule has 9 heteroatoms. The lowest BCUT2D eigenvalue weighted by Gasteiger charge is -2.32. The van der Waals surface area contributed by atoms with Crippen LogP contribution in [0.2, 0.25) is 0 Å². The van der Waals surface area contributed by atoms with Gasteiger partial charge in [0.1, 0.15) is 6.54 Å². The quantitative estimate of drug-likeness (QED) is 0.686. The van der Waals surface area contributed by atoms with Gasteiger partial charge in [-0.2, -0.15) is 4.31 Å². The minimum Gasteiger partial charge on any atom is -0.352 e. The normalized spacial score (nSPS) is 18.9. The molecule has 166 valence electrons. The third kappa shape index (κ3) is 5.00. The maximum atomic E-state index is 13.2. The average molecular weight is 454 g/mol. The number of amides is 2. The molecular weight excluding hydrogens is 422 g/mol. The largest absolute Gasteiger partial charge is 0.352 e. The Morgan fingerprint density at radius 1 is 1.30 bits per heavy atom. The molecule has 1 aromatic carbocycles. The number of thioether (sulfide) groups is 1. The number of benzene rings is 1. The van der Waals surface area contributed by atoms with Crippen molar-refractivity contribution in [2.45, 2.75) is 74.2 Å². The van der Waals surface area contributed by atoms with Gasteiger partial charge in [-0.3, -0.25) is 9.59 Å². The fourth-order valence-electron chi connectivity index (χ4n) is 3.89. The van der Waals surface area contributed by atoms with Crippen molar-refractivity contribution in [3.8, 4) is 0 Å². The van der Waals surface area contributed by atoms with Crippen molar-refractivity contribution in [1.82, 2.24) is 9.62 Å². The van der Waals surface area contributed by atoms with Crippen molar-refractivity contribution in [2.75, 3.05) is 24.2 Å². The smallest absolute Gasteiger partial charge is 0.243 e. The number of nitrogens with zero attached hydrogens (tertiary/aromatic N) is 2. The highest BCUT2D eigenvalue weighted by Gasteiger charge is 2.32. The van der Waals surface area contributed by atoms with Crippen LogP contribution >= 0.6 is 11.8 Å². The Kier molecular flexibility index (Phi) is 7.47. The van der Waals surface area contributed by atoms with Crippen molar-refractivity contribution >= 4 is 39.3 Å². The van der Waals surface area contributed by atoms with Gasteiger partial charge in [-0.1, -0.05) is 26.2 Å². The van der Waals surface area contributed by atoms with Gasteiger partial charge in [-0.05, 0) is 44.4 Å². The number of fused-ring (bicyclic) bond motifs is 1. The Labute approximate surface area is 183 Å². The number of hydrogen-bond donors (Lipinski definition) is 1. The topological polar surface area (TPSA) is 86.8 Å². The van der Waals surface area contributed by atoms with Crippen LogP contribution in [0.1, 0.15) is 52.4 Å². The predicted molar refractivity (Wildman–Crippen MR) is 119 cm³/mol. The van der Waals surface area contributed by atoms with Crippen LogP contribution in [0.3, 0.4) is 0 Å². The molecule has 0 spiro atoms. The van der Waals surface area contributed by atoms with E-state index in [4.69, 9.17) is 0 Å². The molecule has 1 saturated carbocycles. The first-order valence-corrected chi connectivity index (χ1v) is 13.0. The molecule has 3 rings (SSSR count). The second-order valence-corrected chi connectivity index (χ2v) is 11.1. The summed E-state index contributed by atoms with van der Waals surface area (Å²) in [7, 11) is -2.04. The van der Waals surface area contributed by atoms with Crippen LogP contribution in [0.4, 0.5) is 5.69 Å². The second-order valence-electron chi connectivity index (χ2n) is 8.09. The molecule has 1 aromatic rings. The molecule has 1 aliphatic heterocycles. The Balaban J connectivity index is 1.87. The molecule has 0 radical (unpaired) electrons. The maximum absolute atomic E-state index is 13.2. The van der Waals surface area contributed by atoms with Crippen LogP contribution in [0, 0.1) is 0 Å². The van der Waals surface area contributed by atoms with Crippen LogP contribution in [-0.4, -0.2) is 56.0 Å². The first-order chi connectivity index (χ1) is 14.2. The predicted octanol–water partition coefficient (Wildman–Crippen LogP) is 2.99. The Hall–Kier alpha value is -1.58. The lowest BCUT2D eigenvalue weighted by atomic mass is 9.96. The number of sulfonamides is 1. The van der Waals surface area contributed by atoms with Gasteiger partial charge >= 0.3 is 0 Å². The van der Waals surface area contributed by atoms with E-state index >= 15 is 0 Å². The number of carbonyl (C=O) groups is 2. The fraction of sp³-hybridized carbons (Fsp3) is 0.619. The van der Waals surface area contributed by atoms with Crippen molar-refractivity contribution in [3.63, 3.8) is 0 Å². The van der Waals surface area contributed by atoms with Gasteiger partial charge in [-0.15, -0.1) is 11.8 Å². The summed E-state index contributed by atoms with van der Waals surface area (Å²) in [6, 6.07) is 4.92. The van der Waals surface area contributed by atoms with Gasteiger partial charge in [0.05, 0.1) is 16.3 Å². The van der Waals surface area contributed by atoms with E-state index in [9.17, 15) is 18.0 Å². The Morgan fingerprint density at radius 3 is 2.67 bits per heavy atom. The Bertz CT molecular complexity index is 898. The summed E-state index contributed by atoms with van der Waals surface area (Å²) in [5.41, 5.74) is 0.494. The summed E-state index contributed by atoms with van der Waals surface area (Å²) in [6.45, 7) is 3.77. The Morgan fingerprint density at radius 2 is 2.00 bits per heavy atom. The summed E-state index contributed by atoms with van der Waals surface area (Å²) in [5, 5.41) is 2.87. The van der Waals surface area contributed by atoms with E-state index in [0.29, 0.717) is 5.69 Å². The number of carbonyl (C=O) groups excluding carboxylic acids is 2. The first kappa shape index (κ1) is 23.1. The minimum atomic E-state index is -3.68. The third-order valence-corrected chi connectivity index (χ3v) is 8.91. The highest BCUT2D eigenvalue weighted by Crippen LogP contribution is 2.38. The number of nitrogens with one attached hydrogen (secondary N) is 1. The summed E-state index contributed by atoms with van der Waals surface area (Å²) in [5.74, 6) is -0.206. The zero-order chi connectivity index (χ0) is 21.9. The van der Waals surface area contributed by atoms with Gasteiger partial charge in [0.15, 0.2) is 0 Å². The van der Waals surface area contributed by atoms with Gasteiger partial charge in [-0.25, -0.2) is 8.42 Å². The van der Waals surface area contributed by atoms with E-state index in [1.165, 1.54) is 21.0 Å². The van der Waals surface area contributed by atoms with Gasteiger partial charge in [0.2, 0.25) is 21.8 Å². The molecule has 0 saturated heterocycles. The summed E-state index contributed by atoms with van der Waals surface area (Å²) < 4.78 is 28.0. The molecule has 7 nitrogen and oxygen atoms in total. The van der Waals surface area contributed by atoms with Crippen molar-refractivity contribution in [3.05, 3.63) is 18.2 Å². The monoisotopic (exact) mass is 453 g/mol. The molecule has 0 aromatic heterocycles. The third-order valence-electron chi connectivity index (χ3n) is 5.96. The molecule has 1 N–H and O–H groups in total. The van der Waals surface area contributed by atoms with Crippen LogP contribution < -0.4 is 10.2 Å². The first-order valence-electron chi connectivity index (χ1n) is 10.6. The second kappa shape index (κ2) is 9.70. The number of hydrogen-bond acceptors (Lipinski definition) is 5. The molecular formula is C21H31N3O4S2. The zero-order valence-corrected chi connectivity index (χ0v) is 19.5. The number of anilines is 1. The van der Waals surface area contributed by atoms with Crippen molar-refractivity contribution < 1.29 is 18.0 Å². The van der Waals surface area contributed by atoms with E-state index in [1.54, 1.807) is 25.2 Å². The zero-order valence-electron chi connectivity index (χ0n) is 17.9. The summed E-state index contributed by atoms with van der Waals surface area (Å²) in [6.07, 6.45) is 5.77. The molecule has 30 heavy (non-hydrogen) atoms. The van der Waals surface area contributed by atoms with Gasteiger partial charge in [0, 0.05) is 24.0 Å². The van der Waals surface area contributed by atoms with Crippen LogP contribution in [-0.2, 0) is 19.6 Å². The molecule has 1 fully saturated rings. The van der Waals surface area contributed by atoms with Crippen molar-refractivity contribution in [1.29, 1.82) is 0 Å². The molecule has 0 bridgehead atoms. The highest BCUT2D eigenvalue weighted by molar-refractivity contribution is 8.00. The SMILES string of the molecule is CC[C@@H](C)NC(=O)CN1C(=O)CSc2ccc(S(=O)(=O)N(C)C3CCCCC3)cc21. The van der Waals surface area contributed by atoms with Gasteiger partial charge < -0.3 is 10.2 Å².